The summed E-state index contributed by atoms with van der Waals surface area (Å²) in [6.07, 6.45) is 2.96. The Balaban J connectivity index is 1.97. The third-order valence-corrected chi connectivity index (χ3v) is 3.69. The van der Waals surface area contributed by atoms with Gasteiger partial charge in [0.1, 0.15) is 16.9 Å². The summed E-state index contributed by atoms with van der Waals surface area (Å²) < 4.78 is 4.98. The molecule has 3 aromatic heterocycles. The molecule has 0 aliphatic heterocycles. The van der Waals surface area contributed by atoms with E-state index < -0.39 is 0 Å². The highest BCUT2D eigenvalue weighted by Gasteiger charge is 2.12. The number of methoxy groups -OCH3 is 1. The van der Waals surface area contributed by atoms with Crippen molar-refractivity contribution in [2.45, 2.75) is 0 Å². The van der Waals surface area contributed by atoms with Gasteiger partial charge in [0.25, 0.3) is 5.56 Å². The molecule has 3 aromatic rings. The molecule has 2 N–H and O–H groups in total. The smallest absolute Gasteiger partial charge is 0.258 e. The third-order valence-electron chi connectivity index (χ3n) is 2.89. The summed E-state index contributed by atoms with van der Waals surface area (Å²) in [6.45, 7) is 1.29. The molecule has 0 aliphatic rings. The van der Waals surface area contributed by atoms with Crippen LogP contribution in [0, 0.1) is 0 Å². The molecule has 0 saturated carbocycles. The average Bonchev–Trinajstić information content (AvgIpc) is 2.96. The maximum atomic E-state index is 11.8. The molecule has 0 radical (unpaired) electrons. The number of nitrogens with zero attached hydrogens (tertiary/aromatic N) is 3. The average molecular weight is 303 g/mol. The third kappa shape index (κ3) is 2.76. The summed E-state index contributed by atoms with van der Waals surface area (Å²) in [7, 11) is 1.65. The molecule has 7 nitrogen and oxygen atoms in total. The number of hydrogen-bond acceptors (Lipinski definition) is 7. The molecule has 0 spiro atoms. The zero-order valence-corrected chi connectivity index (χ0v) is 12.1. The van der Waals surface area contributed by atoms with E-state index in [0.29, 0.717) is 35.4 Å². The topological polar surface area (TPSA) is 92.8 Å². The van der Waals surface area contributed by atoms with Crippen molar-refractivity contribution in [3.8, 4) is 11.4 Å². The van der Waals surface area contributed by atoms with Crippen LogP contribution in [-0.4, -0.2) is 40.2 Å². The Kier molecular flexibility index (Phi) is 3.89. The van der Waals surface area contributed by atoms with Crippen molar-refractivity contribution >= 4 is 27.4 Å². The van der Waals surface area contributed by atoms with E-state index in [-0.39, 0.29) is 5.56 Å². The number of pyridine rings is 1. The second kappa shape index (κ2) is 5.98. The van der Waals surface area contributed by atoms with Crippen molar-refractivity contribution in [3.05, 3.63) is 34.3 Å². The first-order valence-corrected chi connectivity index (χ1v) is 7.18. The van der Waals surface area contributed by atoms with Gasteiger partial charge in [0, 0.05) is 25.2 Å². The Morgan fingerprint density at radius 3 is 3.19 bits per heavy atom. The Morgan fingerprint density at radius 2 is 2.33 bits per heavy atom. The highest BCUT2D eigenvalue weighted by atomic mass is 32.1. The molecule has 3 heterocycles. The zero-order chi connectivity index (χ0) is 14.7. The van der Waals surface area contributed by atoms with E-state index in [2.05, 4.69) is 25.3 Å². The van der Waals surface area contributed by atoms with Crippen LogP contribution in [0.5, 0.6) is 0 Å². The van der Waals surface area contributed by atoms with E-state index in [1.807, 2.05) is 5.38 Å². The quantitative estimate of drug-likeness (QED) is 0.694. The molecule has 0 aromatic carbocycles. The highest BCUT2D eigenvalue weighted by molar-refractivity contribution is 7.14. The second-order valence-corrected chi connectivity index (χ2v) is 5.10. The number of thiazole rings is 1. The number of rotatable bonds is 5. The van der Waals surface area contributed by atoms with E-state index >= 15 is 0 Å². The molecule has 0 fully saturated rings. The van der Waals surface area contributed by atoms with Crippen LogP contribution in [0.2, 0.25) is 0 Å². The number of anilines is 1. The van der Waals surface area contributed by atoms with Gasteiger partial charge in [-0.15, -0.1) is 11.3 Å². The number of H-pyrrole nitrogens is 1. The first-order chi connectivity index (χ1) is 10.3. The van der Waals surface area contributed by atoms with E-state index in [9.17, 15) is 4.79 Å². The molecule has 0 saturated heterocycles. The van der Waals surface area contributed by atoms with Gasteiger partial charge in [-0.25, -0.2) is 9.97 Å². The Hall–Kier alpha value is -2.32. The van der Waals surface area contributed by atoms with E-state index in [1.165, 1.54) is 17.7 Å². The standard InChI is InChI=1S/C13H13N5O2S/c1-20-5-4-15-13-18-9(6-21-13)11-10-8(2-3-14-11)12(19)17-7-16-10/h2-3,6-7H,4-5H2,1H3,(H,15,18)(H,16,17,19). The van der Waals surface area contributed by atoms with Gasteiger partial charge in [0.15, 0.2) is 5.13 Å². The normalized spacial score (nSPS) is 10.9. The zero-order valence-electron chi connectivity index (χ0n) is 11.3. The summed E-state index contributed by atoms with van der Waals surface area (Å²) in [5.74, 6) is 0. The van der Waals surface area contributed by atoms with E-state index in [1.54, 1.807) is 19.4 Å². The maximum Gasteiger partial charge on any atom is 0.258 e. The van der Waals surface area contributed by atoms with Crippen molar-refractivity contribution in [2.24, 2.45) is 0 Å². The summed E-state index contributed by atoms with van der Waals surface area (Å²) >= 11 is 1.48. The number of fused-ring (bicyclic) bond motifs is 1. The largest absolute Gasteiger partial charge is 0.383 e. The molecule has 108 valence electrons. The molecule has 8 heteroatoms. The van der Waals surface area contributed by atoms with Gasteiger partial charge in [-0.2, -0.15) is 0 Å². The van der Waals surface area contributed by atoms with E-state index in [4.69, 9.17) is 4.74 Å². The molecule has 3 rings (SSSR count). The van der Waals surface area contributed by atoms with Crippen LogP contribution in [0.4, 0.5) is 5.13 Å². The Labute approximate surface area is 124 Å². The van der Waals surface area contributed by atoms with Crippen molar-refractivity contribution in [3.63, 3.8) is 0 Å². The number of aromatic nitrogens is 4. The van der Waals surface area contributed by atoms with Gasteiger partial charge >= 0.3 is 0 Å². The molecule has 0 atom stereocenters. The minimum absolute atomic E-state index is 0.183. The molecule has 21 heavy (non-hydrogen) atoms. The van der Waals surface area contributed by atoms with Gasteiger partial charge < -0.3 is 15.0 Å². The van der Waals surface area contributed by atoms with Crippen LogP contribution in [-0.2, 0) is 4.74 Å². The number of aromatic amines is 1. The summed E-state index contributed by atoms with van der Waals surface area (Å²) in [4.78, 5) is 27.3. The number of ether oxygens (including phenoxy) is 1. The molecular weight excluding hydrogens is 290 g/mol. The Morgan fingerprint density at radius 1 is 1.43 bits per heavy atom. The molecule has 0 aliphatic carbocycles. The maximum absolute atomic E-state index is 11.8. The fourth-order valence-electron chi connectivity index (χ4n) is 1.91. The predicted molar refractivity (Wildman–Crippen MR) is 81.6 cm³/mol. The highest BCUT2D eigenvalue weighted by Crippen LogP contribution is 2.26. The van der Waals surface area contributed by atoms with Gasteiger partial charge in [-0.1, -0.05) is 0 Å². The van der Waals surface area contributed by atoms with Gasteiger partial charge in [-0.05, 0) is 6.07 Å². The van der Waals surface area contributed by atoms with Gasteiger partial charge in [0.05, 0.1) is 18.3 Å². The lowest BCUT2D eigenvalue weighted by atomic mass is 10.2. The lowest BCUT2D eigenvalue weighted by molar-refractivity contribution is 0.211. The lowest BCUT2D eigenvalue weighted by Crippen LogP contribution is -2.08. The van der Waals surface area contributed by atoms with Crippen molar-refractivity contribution in [2.75, 3.05) is 25.6 Å². The van der Waals surface area contributed by atoms with Crippen LogP contribution < -0.4 is 10.9 Å². The minimum atomic E-state index is -0.183. The van der Waals surface area contributed by atoms with Crippen LogP contribution in [0.3, 0.4) is 0 Å². The second-order valence-electron chi connectivity index (χ2n) is 4.24. The monoisotopic (exact) mass is 303 g/mol. The number of nitrogens with one attached hydrogen (secondary N) is 2. The lowest BCUT2D eigenvalue weighted by Gasteiger charge is -2.01. The summed E-state index contributed by atoms with van der Waals surface area (Å²) in [6, 6.07) is 1.65. The molecule has 0 bridgehead atoms. The van der Waals surface area contributed by atoms with Crippen molar-refractivity contribution in [1.82, 2.24) is 19.9 Å². The van der Waals surface area contributed by atoms with Gasteiger partial charge in [-0.3, -0.25) is 9.78 Å². The van der Waals surface area contributed by atoms with Crippen LogP contribution in [0.1, 0.15) is 0 Å². The number of hydrogen-bond donors (Lipinski definition) is 2. The van der Waals surface area contributed by atoms with Crippen LogP contribution in [0.25, 0.3) is 22.3 Å². The fourth-order valence-corrected chi connectivity index (χ4v) is 2.64. The van der Waals surface area contributed by atoms with Gasteiger partial charge in [0.2, 0.25) is 0 Å². The molecular formula is C13H13N5O2S. The van der Waals surface area contributed by atoms with Crippen molar-refractivity contribution in [1.29, 1.82) is 0 Å². The first kappa shape index (κ1) is 13.7. The molecule has 0 amide bonds. The SMILES string of the molecule is COCCNc1nc(-c2nccc3c(=O)[nH]cnc23)cs1. The Bertz CT molecular complexity index is 813. The minimum Gasteiger partial charge on any atom is -0.383 e. The van der Waals surface area contributed by atoms with Crippen molar-refractivity contribution < 1.29 is 4.74 Å². The molecule has 0 unspecified atom stereocenters. The fraction of sp³-hybridized carbons (Fsp3) is 0.231. The van der Waals surface area contributed by atoms with Crippen LogP contribution in [0.15, 0.2) is 28.8 Å². The summed E-state index contributed by atoms with van der Waals surface area (Å²) in [5, 5.41) is 6.34. The first-order valence-electron chi connectivity index (χ1n) is 6.30. The van der Waals surface area contributed by atoms with E-state index in [0.717, 1.165) is 5.13 Å². The summed E-state index contributed by atoms with van der Waals surface area (Å²) in [5.41, 5.74) is 1.67. The predicted octanol–water partition coefficient (Wildman–Crippen LogP) is 1.50. The van der Waals surface area contributed by atoms with Crippen LogP contribution >= 0.6 is 11.3 Å².